The van der Waals surface area contributed by atoms with Gasteiger partial charge in [-0.2, -0.15) is 0 Å². The summed E-state index contributed by atoms with van der Waals surface area (Å²) in [4.78, 5) is 0. The molecule has 1 heteroatoms. The van der Waals surface area contributed by atoms with Gasteiger partial charge in [0.05, 0.1) is 0 Å². The van der Waals surface area contributed by atoms with Gasteiger partial charge in [-0.1, -0.05) is 46.5 Å². The van der Waals surface area contributed by atoms with E-state index in [1.54, 1.807) is 0 Å². The second kappa shape index (κ2) is 8.73. The van der Waals surface area contributed by atoms with Crippen molar-refractivity contribution in [2.24, 2.45) is 5.92 Å². The van der Waals surface area contributed by atoms with E-state index in [9.17, 15) is 0 Å². The fraction of sp³-hybridized carbons (Fsp3) is 1.00. The van der Waals surface area contributed by atoms with Crippen LogP contribution in [0.25, 0.3) is 0 Å². The second-order valence-corrected chi connectivity index (χ2v) is 2.39. The standard InChI is InChI=1S/C6H12.C2H6.HI/c1-6-4-2-3-5-6;1-2;/h6H,2-5H2,1H3;1-2H3;1H. The summed E-state index contributed by atoms with van der Waals surface area (Å²) in [7, 11) is 0. The predicted octanol–water partition coefficient (Wildman–Crippen LogP) is 3.84. The zero-order chi connectivity index (χ0) is 6.41. The third kappa shape index (κ3) is 6.62. The van der Waals surface area contributed by atoms with Crippen molar-refractivity contribution in [3.8, 4) is 0 Å². The Morgan fingerprint density at radius 2 is 1.33 bits per heavy atom. The maximum Gasteiger partial charge on any atom is -0.0443 e. The Morgan fingerprint density at radius 1 is 1.00 bits per heavy atom. The third-order valence-corrected chi connectivity index (χ3v) is 1.64. The first-order chi connectivity index (χ1) is 3.89. The topological polar surface area (TPSA) is 0 Å². The van der Waals surface area contributed by atoms with E-state index in [1.165, 1.54) is 25.7 Å². The molecule has 0 radical (unpaired) electrons. The Bertz CT molecular complexity index is 37.8. The summed E-state index contributed by atoms with van der Waals surface area (Å²) in [5.41, 5.74) is 0. The highest BCUT2D eigenvalue weighted by Gasteiger charge is 2.07. The molecule has 0 amide bonds. The molecule has 1 saturated carbocycles. The van der Waals surface area contributed by atoms with Crippen LogP contribution in [-0.4, -0.2) is 0 Å². The summed E-state index contributed by atoms with van der Waals surface area (Å²) in [5, 5.41) is 0. The molecule has 0 aromatic rings. The summed E-state index contributed by atoms with van der Waals surface area (Å²) in [5.74, 6) is 1.05. The van der Waals surface area contributed by atoms with Gasteiger partial charge in [-0.05, 0) is 5.92 Å². The van der Waals surface area contributed by atoms with Gasteiger partial charge in [-0.15, -0.1) is 24.0 Å². The molecular formula is C8H19I. The van der Waals surface area contributed by atoms with Crippen LogP contribution in [0, 0.1) is 5.92 Å². The van der Waals surface area contributed by atoms with Crippen LogP contribution in [0.4, 0.5) is 0 Å². The van der Waals surface area contributed by atoms with E-state index in [2.05, 4.69) is 6.92 Å². The SMILES string of the molecule is CC.CC1CCCC1.I. The van der Waals surface area contributed by atoms with Crippen LogP contribution in [0.2, 0.25) is 0 Å². The lowest BCUT2D eigenvalue weighted by molar-refractivity contribution is 0.612. The van der Waals surface area contributed by atoms with E-state index in [-0.39, 0.29) is 24.0 Å². The van der Waals surface area contributed by atoms with E-state index in [1.807, 2.05) is 13.8 Å². The Morgan fingerprint density at radius 3 is 1.44 bits per heavy atom. The summed E-state index contributed by atoms with van der Waals surface area (Å²) in [6, 6.07) is 0. The molecule has 0 unspecified atom stereocenters. The van der Waals surface area contributed by atoms with Crippen LogP contribution in [0.5, 0.6) is 0 Å². The fourth-order valence-electron chi connectivity index (χ4n) is 1.13. The molecule has 0 spiro atoms. The highest BCUT2D eigenvalue weighted by Crippen LogP contribution is 2.22. The monoisotopic (exact) mass is 242 g/mol. The normalized spacial score (nSPS) is 17.7. The average Bonchev–Trinajstić information content (AvgIpc) is 2.24. The smallest absolute Gasteiger partial charge is 0.0443 e. The lowest BCUT2D eigenvalue weighted by Gasteiger charge is -1.91. The van der Waals surface area contributed by atoms with Crippen molar-refractivity contribution < 1.29 is 0 Å². The molecule has 0 atom stereocenters. The Balaban J connectivity index is 0. The molecule has 0 saturated heterocycles. The molecule has 1 fully saturated rings. The molecule has 0 aromatic carbocycles. The summed E-state index contributed by atoms with van der Waals surface area (Å²) < 4.78 is 0. The highest BCUT2D eigenvalue weighted by atomic mass is 127. The van der Waals surface area contributed by atoms with Crippen molar-refractivity contribution in [1.82, 2.24) is 0 Å². The molecule has 58 valence electrons. The molecule has 0 nitrogen and oxygen atoms in total. The van der Waals surface area contributed by atoms with Gasteiger partial charge in [0.15, 0.2) is 0 Å². The van der Waals surface area contributed by atoms with E-state index in [0.717, 1.165) is 5.92 Å². The summed E-state index contributed by atoms with van der Waals surface area (Å²) >= 11 is 0. The van der Waals surface area contributed by atoms with Crippen LogP contribution in [0.15, 0.2) is 0 Å². The number of hydrogen-bond donors (Lipinski definition) is 0. The minimum Gasteiger partial charge on any atom is -0.107 e. The first kappa shape index (κ1) is 12.4. The second-order valence-electron chi connectivity index (χ2n) is 2.39. The zero-order valence-corrected chi connectivity index (χ0v) is 9.14. The fourth-order valence-corrected chi connectivity index (χ4v) is 1.13. The zero-order valence-electron chi connectivity index (χ0n) is 6.81. The van der Waals surface area contributed by atoms with Crippen LogP contribution in [0.1, 0.15) is 46.5 Å². The average molecular weight is 242 g/mol. The maximum atomic E-state index is 2.34. The molecule has 1 rings (SSSR count). The van der Waals surface area contributed by atoms with E-state index < -0.39 is 0 Å². The van der Waals surface area contributed by atoms with Gasteiger partial charge < -0.3 is 0 Å². The van der Waals surface area contributed by atoms with Gasteiger partial charge in [-0.3, -0.25) is 0 Å². The molecule has 0 aromatic heterocycles. The van der Waals surface area contributed by atoms with Crippen LogP contribution < -0.4 is 0 Å². The molecule has 9 heavy (non-hydrogen) atoms. The maximum absolute atomic E-state index is 2.34. The van der Waals surface area contributed by atoms with Gasteiger partial charge in [-0.25, -0.2) is 0 Å². The summed E-state index contributed by atoms with van der Waals surface area (Å²) in [6.07, 6.45) is 5.95. The quantitative estimate of drug-likeness (QED) is 0.566. The lowest BCUT2D eigenvalue weighted by atomic mass is 10.2. The minimum atomic E-state index is 0. The van der Waals surface area contributed by atoms with Gasteiger partial charge in [0.2, 0.25) is 0 Å². The van der Waals surface area contributed by atoms with E-state index >= 15 is 0 Å². The molecular weight excluding hydrogens is 223 g/mol. The van der Waals surface area contributed by atoms with Gasteiger partial charge in [0.1, 0.15) is 0 Å². The lowest BCUT2D eigenvalue weighted by Crippen LogP contribution is -1.78. The Kier molecular flexibility index (Phi) is 12.0. The number of rotatable bonds is 0. The van der Waals surface area contributed by atoms with Crippen LogP contribution in [-0.2, 0) is 0 Å². The molecule has 0 aliphatic heterocycles. The predicted molar refractivity (Wildman–Crippen MR) is 54.4 cm³/mol. The molecule has 0 bridgehead atoms. The van der Waals surface area contributed by atoms with Crippen molar-refractivity contribution in [2.45, 2.75) is 46.5 Å². The highest BCUT2D eigenvalue weighted by molar-refractivity contribution is 14.0. The van der Waals surface area contributed by atoms with Crippen LogP contribution >= 0.6 is 24.0 Å². The van der Waals surface area contributed by atoms with E-state index in [4.69, 9.17) is 0 Å². The van der Waals surface area contributed by atoms with Crippen molar-refractivity contribution in [2.75, 3.05) is 0 Å². The van der Waals surface area contributed by atoms with Crippen molar-refractivity contribution >= 4 is 24.0 Å². The van der Waals surface area contributed by atoms with Crippen molar-refractivity contribution in [3.05, 3.63) is 0 Å². The molecule has 1 aliphatic carbocycles. The Labute approximate surface area is 76.4 Å². The Hall–Kier alpha value is 0.730. The summed E-state index contributed by atoms with van der Waals surface area (Å²) in [6.45, 7) is 6.34. The largest absolute Gasteiger partial charge is 0.107 e. The molecule has 0 heterocycles. The van der Waals surface area contributed by atoms with Crippen LogP contribution in [0.3, 0.4) is 0 Å². The third-order valence-electron chi connectivity index (χ3n) is 1.64. The first-order valence-corrected chi connectivity index (χ1v) is 3.89. The van der Waals surface area contributed by atoms with Gasteiger partial charge in [0, 0.05) is 0 Å². The number of hydrogen-bond acceptors (Lipinski definition) is 0. The van der Waals surface area contributed by atoms with Gasteiger partial charge in [0.25, 0.3) is 0 Å². The van der Waals surface area contributed by atoms with Crippen molar-refractivity contribution in [3.63, 3.8) is 0 Å². The molecule has 0 N–H and O–H groups in total. The van der Waals surface area contributed by atoms with Crippen molar-refractivity contribution in [1.29, 1.82) is 0 Å². The first-order valence-electron chi connectivity index (χ1n) is 3.89. The van der Waals surface area contributed by atoms with E-state index in [0.29, 0.717) is 0 Å². The molecule has 1 aliphatic rings. The van der Waals surface area contributed by atoms with Gasteiger partial charge >= 0.3 is 0 Å². The minimum absolute atomic E-state index is 0. The number of halogens is 1.